The molecule has 0 aliphatic rings. The highest BCUT2D eigenvalue weighted by molar-refractivity contribution is 7.89. The molecule has 6 nitrogen and oxygen atoms in total. The van der Waals surface area contributed by atoms with Crippen molar-refractivity contribution in [3.05, 3.63) is 66.7 Å². The Balaban J connectivity index is 1.97. The van der Waals surface area contributed by atoms with E-state index in [0.717, 1.165) is 24.0 Å². The van der Waals surface area contributed by atoms with Crippen LogP contribution in [0.2, 0.25) is 0 Å². The lowest BCUT2D eigenvalue weighted by atomic mass is 10.0. The van der Waals surface area contributed by atoms with Gasteiger partial charge in [-0.15, -0.1) is 0 Å². The van der Waals surface area contributed by atoms with E-state index in [1.165, 1.54) is 0 Å². The molecule has 0 bridgehead atoms. The zero-order chi connectivity index (χ0) is 22.5. The van der Waals surface area contributed by atoms with Crippen molar-refractivity contribution in [3.8, 4) is 16.9 Å². The predicted octanol–water partition coefficient (Wildman–Crippen LogP) is 4.85. The summed E-state index contributed by atoms with van der Waals surface area (Å²) in [7, 11) is -3.71. The zero-order valence-corrected chi connectivity index (χ0v) is 19.4. The van der Waals surface area contributed by atoms with Crippen molar-refractivity contribution in [2.24, 2.45) is 0 Å². The number of ether oxygens (including phenoxy) is 1. The average molecular weight is 442 g/mol. The van der Waals surface area contributed by atoms with E-state index in [1.807, 2.05) is 61.9 Å². The molecule has 0 spiro atoms. The van der Waals surface area contributed by atoms with Crippen molar-refractivity contribution >= 4 is 10.0 Å². The van der Waals surface area contributed by atoms with Crippen LogP contribution in [0.4, 0.5) is 0 Å². The molecule has 7 heteroatoms. The van der Waals surface area contributed by atoms with E-state index >= 15 is 0 Å². The number of unbranched alkanes of at least 4 members (excludes halogenated alkanes) is 1. The Hall–Kier alpha value is -2.64. The molecule has 0 saturated heterocycles. The lowest BCUT2D eigenvalue weighted by molar-refractivity contribution is 0.309. The monoisotopic (exact) mass is 441 g/mol. The van der Waals surface area contributed by atoms with Gasteiger partial charge in [0.15, 0.2) is 0 Å². The number of aromatic nitrogens is 2. The van der Waals surface area contributed by atoms with Crippen molar-refractivity contribution in [2.45, 2.75) is 57.5 Å². The van der Waals surface area contributed by atoms with Gasteiger partial charge in [0.2, 0.25) is 10.0 Å². The van der Waals surface area contributed by atoms with Gasteiger partial charge in [-0.25, -0.2) is 18.1 Å². The summed E-state index contributed by atoms with van der Waals surface area (Å²) in [5.41, 5.74) is 1.97. The number of hydrogen-bond donors (Lipinski definition) is 1. The van der Waals surface area contributed by atoms with Crippen LogP contribution in [0.25, 0.3) is 11.1 Å². The summed E-state index contributed by atoms with van der Waals surface area (Å²) < 4.78 is 36.8. The minimum atomic E-state index is -3.71. The largest absolute Gasteiger partial charge is 0.494 e. The molecule has 31 heavy (non-hydrogen) atoms. The third-order valence-electron chi connectivity index (χ3n) is 4.64. The van der Waals surface area contributed by atoms with Crippen molar-refractivity contribution in [1.29, 1.82) is 0 Å². The van der Waals surface area contributed by atoms with E-state index in [-0.39, 0.29) is 4.90 Å². The lowest BCUT2D eigenvalue weighted by Crippen LogP contribution is -2.40. The number of nitrogens with one attached hydrogen (secondary N) is 1. The normalized spacial score (nSPS) is 12.1. The second-order valence-corrected chi connectivity index (χ2v) is 10.3. The molecule has 1 aromatic heterocycles. The van der Waals surface area contributed by atoms with Crippen LogP contribution < -0.4 is 9.46 Å². The maximum absolute atomic E-state index is 13.1. The summed E-state index contributed by atoms with van der Waals surface area (Å²) in [5.74, 6) is 0.667. The van der Waals surface area contributed by atoms with Gasteiger partial charge in [0.25, 0.3) is 0 Å². The smallest absolute Gasteiger partial charge is 0.241 e. The maximum Gasteiger partial charge on any atom is 0.241 e. The number of imidazole rings is 1. The van der Waals surface area contributed by atoms with Crippen LogP contribution in [-0.2, 0) is 16.6 Å². The van der Waals surface area contributed by atoms with Gasteiger partial charge in [-0.3, -0.25) is 0 Å². The Bertz CT molecular complexity index is 1080. The van der Waals surface area contributed by atoms with E-state index in [9.17, 15) is 8.42 Å². The molecule has 0 unspecified atom stereocenters. The minimum Gasteiger partial charge on any atom is -0.494 e. The molecule has 3 aromatic rings. The highest BCUT2D eigenvalue weighted by Crippen LogP contribution is 2.32. The Morgan fingerprint density at radius 3 is 2.45 bits per heavy atom. The Morgan fingerprint density at radius 1 is 1.10 bits per heavy atom. The molecule has 0 aliphatic heterocycles. The number of nitrogens with zero attached hydrogens (tertiary/aromatic N) is 2. The fraction of sp³-hybridized carbons (Fsp3) is 0.375. The fourth-order valence-electron chi connectivity index (χ4n) is 3.23. The minimum absolute atomic E-state index is 0.243. The first-order valence-corrected chi connectivity index (χ1v) is 12.0. The molecule has 0 amide bonds. The van der Waals surface area contributed by atoms with E-state index in [0.29, 0.717) is 24.5 Å². The Labute approximate surface area is 185 Å². The first-order valence-electron chi connectivity index (χ1n) is 10.5. The topological polar surface area (TPSA) is 73.2 Å². The van der Waals surface area contributed by atoms with E-state index < -0.39 is 15.6 Å². The Kier molecular flexibility index (Phi) is 7.18. The third kappa shape index (κ3) is 6.42. The third-order valence-corrected chi connectivity index (χ3v) is 6.45. The van der Waals surface area contributed by atoms with Crippen LogP contribution in [0.1, 0.15) is 46.1 Å². The highest BCUT2D eigenvalue weighted by atomic mass is 32.2. The average Bonchev–Trinajstić information content (AvgIpc) is 3.20. The van der Waals surface area contributed by atoms with Gasteiger partial charge in [0, 0.05) is 30.0 Å². The van der Waals surface area contributed by atoms with Crippen molar-refractivity contribution in [3.63, 3.8) is 0 Å². The van der Waals surface area contributed by atoms with Crippen LogP contribution in [0.3, 0.4) is 0 Å². The van der Waals surface area contributed by atoms with Crippen LogP contribution in [-0.4, -0.2) is 30.1 Å². The van der Waals surface area contributed by atoms with Crippen LogP contribution >= 0.6 is 0 Å². The number of rotatable bonds is 9. The number of sulfonamides is 1. The van der Waals surface area contributed by atoms with Crippen molar-refractivity contribution in [1.82, 2.24) is 14.3 Å². The second kappa shape index (κ2) is 9.66. The fourth-order valence-corrected chi connectivity index (χ4v) is 4.86. The summed E-state index contributed by atoms with van der Waals surface area (Å²) in [6, 6.07) is 13.1. The summed E-state index contributed by atoms with van der Waals surface area (Å²) in [6.45, 7) is 8.91. The van der Waals surface area contributed by atoms with Crippen LogP contribution in [0.5, 0.6) is 5.75 Å². The summed E-state index contributed by atoms with van der Waals surface area (Å²) in [6.07, 6.45) is 7.41. The standard InChI is InChI=1S/C24H31N3O3S/c1-5-6-15-30-21-11-12-23(31(28,29)26-24(2,3)4)22(16-21)20-9-7-19(8-10-20)17-27-14-13-25-18-27/h7-14,16,18,26H,5-6,15,17H2,1-4H3. The molecule has 0 atom stereocenters. The first kappa shape index (κ1) is 23.0. The molecule has 0 saturated carbocycles. The number of hydrogen-bond acceptors (Lipinski definition) is 4. The van der Waals surface area contributed by atoms with Crippen LogP contribution in [0, 0.1) is 0 Å². The maximum atomic E-state index is 13.1. The quantitative estimate of drug-likeness (QED) is 0.482. The van der Waals surface area contributed by atoms with Gasteiger partial charge in [-0.2, -0.15) is 0 Å². The van der Waals surface area contributed by atoms with Crippen molar-refractivity contribution in [2.75, 3.05) is 6.61 Å². The first-order chi connectivity index (χ1) is 14.7. The molecule has 2 aromatic carbocycles. The lowest BCUT2D eigenvalue weighted by Gasteiger charge is -2.22. The van der Waals surface area contributed by atoms with Crippen molar-refractivity contribution < 1.29 is 13.2 Å². The van der Waals surface area contributed by atoms with Gasteiger partial charge in [0.1, 0.15) is 5.75 Å². The summed E-state index contributed by atoms with van der Waals surface area (Å²) >= 11 is 0. The summed E-state index contributed by atoms with van der Waals surface area (Å²) in [4.78, 5) is 4.31. The number of benzene rings is 2. The van der Waals surface area contributed by atoms with Gasteiger partial charge < -0.3 is 9.30 Å². The van der Waals surface area contributed by atoms with Crippen LogP contribution in [0.15, 0.2) is 66.1 Å². The zero-order valence-electron chi connectivity index (χ0n) is 18.6. The summed E-state index contributed by atoms with van der Waals surface area (Å²) in [5, 5.41) is 0. The molecule has 3 rings (SSSR count). The van der Waals surface area contributed by atoms with E-state index in [4.69, 9.17) is 4.74 Å². The van der Waals surface area contributed by atoms with Gasteiger partial charge in [-0.1, -0.05) is 37.6 Å². The van der Waals surface area contributed by atoms with E-state index in [1.54, 1.807) is 24.7 Å². The second-order valence-electron chi connectivity index (χ2n) is 8.65. The Morgan fingerprint density at radius 2 is 1.84 bits per heavy atom. The predicted molar refractivity (Wildman–Crippen MR) is 124 cm³/mol. The molecule has 1 heterocycles. The van der Waals surface area contributed by atoms with Gasteiger partial charge in [-0.05, 0) is 56.5 Å². The van der Waals surface area contributed by atoms with Gasteiger partial charge in [0.05, 0.1) is 17.8 Å². The van der Waals surface area contributed by atoms with Gasteiger partial charge >= 0.3 is 0 Å². The SMILES string of the molecule is CCCCOc1ccc(S(=O)(=O)NC(C)(C)C)c(-c2ccc(Cn3ccnc3)cc2)c1. The molecule has 1 N–H and O–H groups in total. The molecule has 0 radical (unpaired) electrons. The molecule has 0 aliphatic carbocycles. The molecule has 166 valence electrons. The van der Waals surface area contributed by atoms with E-state index in [2.05, 4.69) is 16.6 Å². The molecular formula is C24H31N3O3S. The molecular weight excluding hydrogens is 410 g/mol. The molecule has 0 fully saturated rings. The highest BCUT2D eigenvalue weighted by Gasteiger charge is 2.25.